The van der Waals surface area contributed by atoms with Gasteiger partial charge in [-0.25, -0.2) is 0 Å². The summed E-state index contributed by atoms with van der Waals surface area (Å²) in [5, 5.41) is 10.8. The Labute approximate surface area is 104 Å². The summed E-state index contributed by atoms with van der Waals surface area (Å²) in [5.74, 6) is -2.99. The summed E-state index contributed by atoms with van der Waals surface area (Å²) in [5.41, 5.74) is 0.347. The maximum absolute atomic E-state index is 11.7. The summed E-state index contributed by atoms with van der Waals surface area (Å²) in [4.78, 5) is 31.6. The highest BCUT2D eigenvalue weighted by Crippen LogP contribution is 2.44. The van der Waals surface area contributed by atoms with Crippen molar-refractivity contribution in [2.24, 2.45) is 0 Å². The smallest absolute Gasteiger partial charge is 0.313 e. The van der Waals surface area contributed by atoms with Crippen molar-refractivity contribution in [3.63, 3.8) is 0 Å². The third-order valence-corrected chi connectivity index (χ3v) is 4.41. The number of rotatable bonds is 5. The average Bonchev–Trinajstić information content (AvgIpc) is 2.28. The van der Waals surface area contributed by atoms with Gasteiger partial charge in [-0.2, -0.15) is 0 Å². The molecule has 0 fully saturated rings. The van der Waals surface area contributed by atoms with Crippen LogP contribution in [0.2, 0.25) is 0 Å². The number of amides is 1. The Morgan fingerprint density at radius 3 is 2.39 bits per heavy atom. The fourth-order valence-electron chi connectivity index (χ4n) is 1.29. The number of carbonyl (C=O) groups is 2. The fourth-order valence-corrected chi connectivity index (χ4v) is 2.27. The SMILES string of the molecule is CC(NC(=O)c1ccccc1)P(=O)(O)CC(=O)O. The Bertz CT molecular complexity index is 487. The Balaban J connectivity index is 2.71. The lowest BCUT2D eigenvalue weighted by Gasteiger charge is -2.19. The molecule has 1 aromatic rings. The molecule has 7 heteroatoms. The molecule has 0 radical (unpaired) electrons. The largest absolute Gasteiger partial charge is 0.481 e. The van der Waals surface area contributed by atoms with Crippen molar-refractivity contribution in [3.8, 4) is 0 Å². The van der Waals surface area contributed by atoms with Crippen molar-refractivity contribution >= 4 is 19.2 Å². The highest BCUT2D eigenvalue weighted by atomic mass is 31.2. The van der Waals surface area contributed by atoms with Gasteiger partial charge in [0.15, 0.2) is 0 Å². The standard InChI is InChI=1S/C11H14NO5P/c1-8(18(16,17)7-10(13)14)12-11(15)9-5-3-2-4-6-9/h2-6,8H,7H2,1H3,(H,12,15)(H,13,14)(H,16,17). The van der Waals surface area contributed by atoms with Crippen LogP contribution in [-0.4, -0.2) is 33.8 Å². The molecule has 0 saturated carbocycles. The molecule has 2 atom stereocenters. The van der Waals surface area contributed by atoms with Crippen molar-refractivity contribution in [3.05, 3.63) is 35.9 Å². The topological polar surface area (TPSA) is 104 Å². The number of nitrogens with one attached hydrogen (secondary N) is 1. The lowest BCUT2D eigenvalue weighted by molar-refractivity contribution is -0.134. The van der Waals surface area contributed by atoms with Gasteiger partial charge in [0.25, 0.3) is 5.91 Å². The number of hydrogen-bond acceptors (Lipinski definition) is 3. The molecule has 0 bridgehead atoms. The molecule has 2 unspecified atom stereocenters. The van der Waals surface area contributed by atoms with Crippen LogP contribution in [0.1, 0.15) is 17.3 Å². The Hall–Kier alpha value is -1.65. The molecule has 0 spiro atoms. The van der Waals surface area contributed by atoms with Crippen LogP contribution in [0, 0.1) is 0 Å². The molecule has 0 saturated heterocycles. The van der Waals surface area contributed by atoms with Crippen LogP contribution < -0.4 is 5.32 Å². The predicted octanol–water partition coefficient (Wildman–Crippen LogP) is 1.12. The second-order valence-electron chi connectivity index (χ2n) is 3.82. The number of benzene rings is 1. The van der Waals surface area contributed by atoms with E-state index in [1.807, 2.05) is 0 Å². The molecule has 0 aromatic heterocycles. The fraction of sp³-hybridized carbons (Fsp3) is 0.273. The van der Waals surface area contributed by atoms with E-state index in [1.165, 1.54) is 6.92 Å². The van der Waals surface area contributed by atoms with Gasteiger partial charge in [0.1, 0.15) is 11.9 Å². The molecule has 18 heavy (non-hydrogen) atoms. The normalized spacial score (nSPS) is 15.4. The second-order valence-corrected chi connectivity index (χ2v) is 6.43. The van der Waals surface area contributed by atoms with Crippen molar-refractivity contribution in [1.29, 1.82) is 0 Å². The first-order valence-electron chi connectivity index (χ1n) is 5.22. The monoisotopic (exact) mass is 271 g/mol. The van der Waals surface area contributed by atoms with Gasteiger partial charge in [-0.3, -0.25) is 14.2 Å². The van der Waals surface area contributed by atoms with E-state index >= 15 is 0 Å². The molecular weight excluding hydrogens is 257 g/mol. The first-order valence-corrected chi connectivity index (χ1v) is 7.13. The van der Waals surface area contributed by atoms with E-state index < -0.39 is 31.2 Å². The molecule has 0 heterocycles. The summed E-state index contributed by atoms with van der Waals surface area (Å²) < 4.78 is 11.7. The van der Waals surface area contributed by atoms with Crippen molar-refractivity contribution in [2.75, 3.05) is 6.16 Å². The van der Waals surface area contributed by atoms with E-state index in [2.05, 4.69) is 5.32 Å². The Morgan fingerprint density at radius 2 is 1.89 bits per heavy atom. The maximum atomic E-state index is 11.7. The van der Waals surface area contributed by atoms with E-state index in [4.69, 9.17) is 5.11 Å². The van der Waals surface area contributed by atoms with E-state index in [1.54, 1.807) is 30.3 Å². The molecule has 1 amide bonds. The highest BCUT2D eigenvalue weighted by molar-refractivity contribution is 7.59. The van der Waals surface area contributed by atoms with Gasteiger partial charge in [0.05, 0.1) is 0 Å². The zero-order valence-corrected chi connectivity index (χ0v) is 10.6. The number of carboxylic acid groups (broad SMARTS) is 1. The molecule has 98 valence electrons. The molecule has 1 aromatic carbocycles. The minimum Gasteiger partial charge on any atom is -0.481 e. The second kappa shape index (κ2) is 5.80. The summed E-state index contributed by atoms with van der Waals surface area (Å²) in [6.07, 6.45) is -0.872. The lowest BCUT2D eigenvalue weighted by Crippen LogP contribution is -2.33. The predicted molar refractivity (Wildman–Crippen MR) is 65.7 cm³/mol. The summed E-state index contributed by atoms with van der Waals surface area (Å²) in [6.45, 7) is 1.31. The minimum atomic E-state index is -3.95. The van der Waals surface area contributed by atoms with Gasteiger partial charge >= 0.3 is 5.97 Å². The number of aliphatic carboxylic acids is 1. The van der Waals surface area contributed by atoms with Gasteiger partial charge in [0.2, 0.25) is 7.37 Å². The van der Waals surface area contributed by atoms with E-state index in [9.17, 15) is 19.0 Å². The Morgan fingerprint density at radius 1 is 1.33 bits per heavy atom. The zero-order chi connectivity index (χ0) is 13.8. The van der Waals surface area contributed by atoms with Gasteiger partial charge in [-0.1, -0.05) is 18.2 Å². The van der Waals surface area contributed by atoms with E-state index in [0.29, 0.717) is 5.56 Å². The summed E-state index contributed by atoms with van der Waals surface area (Å²) >= 11 is 0. The third-order valence-electron chi connectivity index (χ3n) is 2.34. The van der Waals surface area contributed by atoms with Gasteiger partial charge < -0.3 is 15.3 Å². The zero-order valence-electron chi connectivity index (χ0n) is 9.74. The molecule has 6 nitrogen and oxygen atoms in total. The first-order chi connectivity index (χ1) is 8.33. The average molecular weight is 271 g/mol. The number of carbonyl (C=O) groups excluding carboxylic acids is 1. The molecule has 0 aliphatic rings. The molecule has 0 aliphatic carbocycles. The van der Waals surface area contributed by atoms with Crippen LogP contribution in [0.5, 0.6) is 0 Å². The van der Waals surface area contributed by atoms with E-state index in [0.717, 1.165) is 0 Å². The summed E-state index contributed by atoms with van der Waals surface area (Å²) in [7, 11) is -3.95. The first kappa shape index (κ1) is 14.4. The van der Waals surface area contributed by atoms with Crippen LogP contribution in [0.3, 0.4) is 0 Å². The third kappa shape index (κ3) is 3.98. The van der Waals surface area contributed by atoms with Gasteiger partial charge in [0, 0.05) is 5.56 Å². The van der Waals surface area contributed by atoms with Gasteiger partial charge in [-0.05, 0) is 19.1 Å². The minimum absolute atomic E-state index is 0.347. The molecule has 0 aliphatic heterocycles. The number of carboxylic acids is 1. The van der Waals surface area contributed by atoms with Crippen LogP contribution in [-0.2, 0) is 9.36 Å². The molecule has 3 N–H and O–H groups in total. The van der Waals surface area contributed by atoms with Gasteiger partial charge in [-0.15, -0.1) is 0 Å². The molecule has 1 rings (SSSR count). The molecular formula is C11H14NO5P. The van der Waals surface area contributed by atoms with Crippen LogP contribution in [0.4, 0.5) is 0 Å². The van der Waals surface area contributed by atoms with Crippen molar-refractivity contribution in [2.45, 2.75) is 12.7 Å². The number of hydrogen-bond donors (Lipinski definition) is 3. The van der Waals surface area contributed by atoms with E-state index in [-0.39, 0.29) is 0 Å². The van der Waals surface area contributed by atoms with Crippen LogP contribution in [0.15, 0.2) is 30.3 Å². The highest BCUT2D eigenvalue weighted by Gasteiger charge is 2.31. The quantitative estimate of drug-likeness (QED) is 0.696. The lowest BCUT2D eigenvalue weighted by atomic mass is 10.2. The Kier molecular flexibility index (Phi) is 4.64. The van der Waals surface area contributed by atoms with Crippen molar-refractivity contribution < 1.29 is 24.2 Å². The van der Waals surface area contributed by atoms with Crippen LogP contribution in [0.25, 0.3) is 0 Å². The maximum Gasteiger partial charge on any atom is 0.313 e. The van der Waals surface area contributed by atoms with Crippen LogP contribution >= 0.6 is 7.37 Å². The van der Waals surface area contributed by atoms with Crippen molar-refractivity contribution in [1.82, 2.24) is 5.32 Å². The summed E-state index contributed by atoms with van der Waals surface area (Å²) in [6, 6.07) is 8.18.